The molecule has 0 aromatic carbocycles. The molecule has 1 spiro atoms. The number of carbonyl (C=O) groups is 2. The van der Waals surface area contributed by atoms with Crippen LogP contribution in [0.4, 0.5) is 0 Å². The SMILES string of the molecule is CN1CC(CN2CCC3(CC2)OCCc2sc(C(=O)O)cc23)CCC1=O. The lowest BCUT2D eigenvalue weighted by atomic mass is 9.82. The highest BCUT2D eigenvalue weighted by atomic mass is 32.1. The first-order chi connectivity index (χ1) is 12.5. The molecule has 2 fully saturated rings. The maximum absolute atomic E-state index is 11.7. The van der Waals surface area contributed by atoms with Gasteiger partial charge in [-0.1, -0.05) is 0 Å². The predicted molar refractivity (Wildman–Crippen MR) is 98.6 cm³/mol. The Hall–Kier alpha value is -1.44. The first kappa shape index (κ1) is 17.9. The number of hydrogen-bond acceptors (Lipinski definition) is 5. The zero-order valence-corrected chi connectivity index (χ0v) is 16.0. The summed E-state index contributed by atoms with van der Waals surface area (Å²) in [6.45, 7) is 4.50. The second-order valence-electron chi connectivity index (χ2n) is 7.82. The van der Waals surface area contributed by atoms with E-state index in [2.05, 4.69) is 4.90 Å². The lowest BCUT2D eigenvalue weighted by Crippen LogP contribution is -2.49. The highest BCUT2D eigenvalue weighted by Crippen LogP contribution is 2.44. The van der Waals surface area contributed by atoms with Gasteiger partial charge < -0.3 is 19.6 Å². The van der Waals surface area contributed by atoms with Gasteiger partial charge in [-0.25, -0.2) is 4.79 Å². The number of aromatic carboxylic acids is 1. The number of hydrogen-bond donors (Lipinski definition) is 1. The molecule has 2 saturated heterocycles. The summed E-state index contributed by atoms with van der Waals surface area (Å²) in [4.78, 5) is 29.0. The van der Waals surface area contributed by atoms with E-state index >= 15 is 0 Å². The third-order valence-corrected chi connectivity index (χ3v) is 7.31. The van der Waals surface area contributed by atoms with Crippen LogP contribution in [0, 0.1) is 5.92 Å². The average molecular weight is 378 g/mol. The Balaban J connectivity index is 1.41. The number of fused-ring (bicyclic) bond motifs is 2. The number of carboxylic acid groups (broad SMARTS) is 1. The van der Waals surface area contributed by atoms with Crippen molar-refractivity contribution >= 4 is 23.2 Å². The number of piperidine rings is 2. The minimum atomic E-state index is -0.840. The molecule has 1 aromatic heterocycles. The zero-order chi connectivity index (χ0) is 18.3. The molecule has 0 aliphatic carbocycles. The second kappa shape index (κ2) is 6.94. The van der Waals surface area contributed by atoms with Crippen LogP contribution in [-0.4, -0.2) is 66.6 Å². The van der Waals surface area contributed by atoms with Gasteiger partial charge in [0.25, 0.3) is 0 Å². The van der Waals surface area contributed by atoms with Gasteiger partial charge in [0.05, 0.1) is 12.2 Å². The molecule has 6 nitrogen and oxygen atoms in total. The van der Waals surface area contributed by atoms with E-state index in [4.69, 9.17) is 4.74 Å². The van der Waals surface area contributed by atoms with E-state index in [0.29, 0.717) is 23.8 Å². The number of amides is 1. The molecule has 1 N–H and O–H groups in total. The summed E-state index contributed by atoms with van der Waals surface area (Å²) in [5, 5.41) is 9.32. The molecule has 142 valence electrons. The molecular formula is C19H26N2O4S. The number of carboxylic acids is 1. The van der Waals surface area contributed by atoms with E-state index in [0.717, 1.165) is 57.4 Å². The van der Waals surface area contributed by atoms with Crippen LogP contribution >= 0.6 is 11.3 Å². The molecule has 4 rings (SSSR count). The smallest absolute Gasteiger partial charge is 0.345 e. The summed E-state index contributed by atoms with van der Waals surface area (Å²) in [6.07, 6.45) is 4.30. The van der Waals surface area contributed by atoms with Gasteiger partial charge >= 0.3 is 5.97 Å². The molecule has 26 heavy (non-hydrogen) atoms. The monoisotopic (exact) mass is 378 g/mol. The normalized spacial score (nSPS) is 26.1. The third kappa shape index (κ3) is 3.28. The first-order valence-electron chi connectivity index (χ1n) is 9.43. The topological polar surface area (TPSA) is 70.1 Å². The molecule has 0 saturated carbocycles. The fraction of sp³-hybridized carbons (Fsp3) is 0.684. The van der Waals surface area contributed by atoms with Gasteiger partial charge in [-0.15, -0.1) is 11.3 Å². The van der Waals surface area contributed by atoms with Gasteiger partial charge in [0.15, 0.2) is 0 Å². The molecule has 1 aromatic rings. The Kier molecular flexibility index (Phi) is 4.79. The molecule has 1 unspecified atom stereocenters. The number of thiophene rings is 1. The van der Waals surface area contributed by atoms with Gasteiger partial charge in [-0.3, -0.25) is 4.79 Å². The minimum absolute atomic E-state index is 0.258. The fourth-order valence-electron chi connectivity index (χ4n) is 4.65. The molecule has 0 radical (unpaired) electrons. The maximum Gasteiger partial charge on any atom is 0.345 e. The van der Waals surface area contributed by atoms with Crippen LogP contribution in [0.3, 0.4) is 0 Å². The first-order valence-corrected chi connectivity index (χ1v) is 10.3. The van der Waals surface area contributed by atoms with Gasteiger partial charge in [0.2, 0.25) is 5.91 Å². The summed E-state index contributed by atoms with van der Waals surface area (Å²) < 4.78 is 6.23. The zero-order valence-electron chi connectivity index (χ0n) is 15.2. The van der Waals surface area contributed by atoms with Crippen LogP contribution < -0.4 is 0 Å². The van der Waals surface area contributed by atoms with Crippen LogP contribution in [-0.2, 0) is 21.6 Å². The van der Waals surface area contributed by atoms with E-state index in [1.807, 2.05) is 18.0 Å². The highest BCUT2D eigenvalue weighted by Gasteiger charge is 2.42. The van der Waals surface area contributed by atoms with E-state index in [1.165, 1.54) is 16.2 Å². The largest absolute Gasteiger partial charge is 0.477 e. The van der Waals surface area contributed by atoms with Crippen LogP contribution in [0.1, 0.15) is 45.8 Å². The maximum atomic E-state index is 11.7. The quantitative estimate of drug-likeness (QED) is 0.873. The van der Waals surface area contributed by atoms with Gasteiger partial charge in [-0.2, -0.15) is 0 Å². The molecule has 1 atom stereocenters. The van der Waals surface area contributed by atoms with Crippen molar-refractivity contribution in [2.75, 3.05) is 39.8 Å². The molecule has 3 aliphatic heterocycles. The molecule has 3 aliphatic rings. The standard InChI is InChI=1S/C19H26N2O4S/c1-20-11-13(2-3-17(20)22)12-21-7-5-19(6-8-21)14-10-16(18(23)24)26-15(14)4-9-25-19/h10,13H,2-9,11-12H2,1H3,(H,23,24). The predicted octanol–water partition coefficient (Wildman–Crippen LogP) is 2.18. The van der Waals surface area contributed by atoms with Crippen molar-refractivity contribution in [2.24, 2.45) is 5.92 Å². The minimum Gasteiger partial charge on any atom is -0.477 e. The molecule has 4 heterocycles. The summed E-state index contributed by atoms with van der Waals surface area (Å²) in [5.74, 6) is -0.0315. The lowest BCUT2D eigenvalue weighted by molar-refractivity contribution is -0.133. The number of carbonyl (C=O) groups excluding carboxylic acids is 1. The van der Waals surface area contributed by atoms with Gasteiger partial charge in [0.1, 0.15) is 4.88 Å². The molecule has 1 amide bonds. The highest BCUT2D eigenvalue weighted by molar-refractivity contribution is 7.14. The summed E-state index contributed by atoms with van der Waals surface area (Å²) in [6, 6.07) is 1.85. The van der Waals surface area contributed by atoms with E-state index in [-0.39, 0.29) is 11.5 Å². The van der Waals surface area contributed by atoms with Gasteiger partial charge in [0, 0.05) is 50.9 Å². The van der Waals surface area contributed by atoms with Crippen molar-refractivity contribution < 1.29 is 19.4 Å². The molecule has 7 heteroatoms. The average Bonchev–Trinajstić information content (AvgIpc) is 3.07. The molecular weight excluding hydrogens is 352 g/mol. The van der Waals surface area contributed by atoms with Crippen LogP contribution in [0.2, 0.25) is 0 Å². The second-order valence-corrected chi connectivity index (χ2v) is 8.96. The van der Waals surface area contributed by atoms with E-state index in [9.17, 15) is 14.7 Å². The fourth-order valence-corrected chi connectivity index (χ4v) is 5.72. The van der Waals surface area contributed by atoms with Crippen LogP contribution in [0.15, 0.2) is 6.07 Å². The lowest BCUT2D eigenvalue weighted by Gasteiger charge is -2.45. The number of nitrogens with zero attached hydrogens (tertiary/aromatic N) is 2. The Bertz CT molecular complexity index is 708. The number of ether oxygens (including phenoxy) is 1. The van der Waals surface area contributed by atoms with Crippen LogP contribution in [0.5, 0.6) is 0 Å². The van der Waals surface area contributed by atoms with E-state index in [1.54, 1.807) is 0 Å². The van der Waals surface area contributed by atoms with Gasteiger partial charge in [-0.05, 0) is 36.8 Å². The summed E-state index contributed by atoms with van der Waals surface area (Å²) in [5.41, 5.74) is 0.821. The number of likely N-dealkylation sites (tertiary alicyclic amines) is 2. The Morgan fingerprint density at radius 3 is 2.85 bits per heavy atom. The Labute approximate surface area is 157 Å². The van der Waals surface area contributed by atoms with Crippen molar-refractivity contribution in [1.82, 2.24) is 9.80 Å². The van der Waals surface area contributed by atoms with Crippen molar-refractivity contribution in [3.8, 4) is 0 Å². The third-order valence-electron chi connectivity index (χ3n) is 6.12. The van der Waals surface area contributed by atoms with Crippen LogP contribution in [0.25, 0.3) is 0 Å². The van der Waals surface area contributed by atoms with Crippen molar-refractivity contribution in [3.63, 3.8) is 0 Å². The summed E-state index contributed by atoms with van der Waals surface area (Å²) in [7, 11) is 1.90. The Morgan fingerprint density at radius 1 is 1.38 bits per heavy atom. The van der Waals surface area contributed by atoms with Crippen molar-refractivity contribution in [2.45, 2.75) is 37.7 Å². The number of rotatable bonds is 3. The Morgan fingerprint density at radius 2 is 2.15 bits per heavy atom. The van der Waals surface area contributed by atoms with E-state index < -0.39 is 5.97 Å². The van der Waals surface area contributed by atoms with Crippen molar-refractivity contribution in [1.29, 1.82) is 0 Å². The van der Waals surface area contributed by atoms with Crippen molar-refractivity contribution in [3.05, 3.63) is 21.4 Å². The summed E-state index contributed by atoms with van der Waals surface area (Å²) >= 11 is 1.41. The molecule has 0 bridgehead atoms.